The van der Waals surface area contributed by atoms with E-state index in [1.165, 1.54) is 19.4 Å². The van der Waals surface area contributed by atoms with Gasteiger partial charge < -0.3 is 64.4 Å². The zero-order valence-electron chi connectivity index (χ0n) is 40.3. The molecule has 6 atom stereocenters. The second-order valence-electron chi connectivity index (χ2n) is 17.0. The number of benzene rings is 2. The van der Waals surface area contributed by atoms with Crippen LogP contribution in [0.4, 0.5) is 0 Å². The fourth-order valence-electron chi connectivity index (χ4n) is 7.57. The smallest absolute Gasteiger partial charge is 0.253 e. The fourth-order valence-corrected chi connectivity index (χ4v) is 7.57. The number of amides is 9. The number of nitrogens with zero attached hydrogens (tertiary/aromatic N) is 2. The first-order chi connectivity index (χ1) is 34.5. The van der Waals surface area contributed by atoms with Gasteiger partial charge in [0.2, 0.25) is 47.3 Å². The van der Waals surface area contributed by atoms with Crippen LogP contribution < -0.4 is 65.7 Å². The minimum absolute atomic E-state index is 0.0432. The molecule has 0 unspecified atom stereocenters. The van der Waals surface area contributed by atoms with Gasteiger partial charge in [-0.2, -0.15) is 0 Å². The van der Waals surface area contributed by atoms with E-state index in [1.54, 1.807) is 36.5 Å². The third-order valence-corrected chi connectivity index (χ3v) is 11.3. The van der Waals surface area contributed by atoms with Crippen LogP contribution in [0, 0.1) is 0 Å². The van der Waals surface area contributed by atoms with E-state index in [-0.39, 0.29) is 63.9 Å². The van der Waals surface area contributed by atoms with Crippen LogP contribution in [0.2, 0.25) is 0 Å². The Bertz CT molecular complexity index is 2490. The number of aliphatic imine (C=N–C) groups is 1. The number of primary amides is 1. The van der Waals surface area contributed by atoms with Gasteiger partial charge in [-0.15, -0.1) is 0 Å². The summed E-state index contributed by atoms with van der Waals surface area (Å²) in [7, 11) is 0. The van der Waals surface area contributed by atoms with Gasteiger partial charge in [0.05, 0.1) is 12.9 Å². The molecule has 0 fully saturated rings. The lowest BCUT2D eigenvalue weighted by atomic mass is 10.0. The maximum atomic E-state index is 14.6. The van der Waals surface area contributed by atoms with Crippen LogP contribution in [0.3, 0.4) is 0 Å². The summed E-state index contributed by atoms with van der Waals surface area (Å²) in [6, 6.07) is 8.05. The lowest BCUT2D eigenvalue weighted by Gasteiger charge is -2.28. The van der Waals surface area contributed by atoms with Crippen molar-refractivity contribution in [2.24, 2.45) is 28.0 Å². The van der Waals surface area contributed by atoms with E-state index < -0.39 is 96.0 Å². The predicted octanol–water partition coefficient (Wildman–Crippen LogP) is -2.54. The van der Waals surface area contributed by atoms with Gasteiger partial charge in [-0.05, 0) is 42.9 Å². The van der Waals surface area contributed by atoms with Gasteiger partial charge in [0, 0.05) is 68.1 Å². The maximum absolute atomic E-state index is 14.6. The molecule has 0 aliphatic heterocycles. The zero-order chi connectivity index (χ0) is 52.6. The van der Waals surface area contributed by atoms with Gasteiger partial charge >= 0.3 is 0 Å². The molecule has 2 aromatic heterocycles. The Morgan fingerprint density at radius 2 is 1.19 bits per heavy atom. The Labute approximate surface area is 415 Å². The van der Waals surface area contributed by atoms with Crippen molar-refractivity contribution in [2.75, 3.05) is 13.1 Å². The van der Waals surface area contributed by atoms with Crippen LogP contribution >= 0.6 is 0 Å². The van der Waals surface area contributed by atoms with E-state index in [9.17, 15) is 43.2 Å². The largest absolute Gasteiger partial charge is 0.370 e. The maximum Gasteiger partial charge on any atom is 0.253 e. The van der Waals surface area contributed by atoms with Crippen LogP contribution in [0.1, 0.15) is 75.6 Å². The number of nitrogens with one attached hydrogen (secondary N) is 10. The topological polar surface area (TPSA) is 411 Å². The number of carbonyl (C=O) groups is 9. The number of fused-ring (bicyclic) bond motifs is 1. The molecule has 4 aromatic rings. The van der Waals surface area contributed by atoms with Crippen molar-refractivity contribution in [3.8, 4) is 0 Å². The summed E-state index contributed by atoms with van der Waals surface area (Å²) in [4.78, 5) is 135. The highest BCUT2D eigenvalue weighted by atomic mass is 16.2. The minimum atomic E-state index is -1.44. The number of para-hydroxylation sites is 1. The third kappa shape index (κ3) is 18.9. The molecule has 2 aromatic carbocycles. The number of hydrogen-bond donors (Lipinski definition) is 14. The van der Waals surface area contributed by atoms with Crippen LogP contribution in [0.25, 0.3) is 10.9 Å². The lowest BCUT2D eigenvalue weighted by Crippen LogP contribution is -2.60. The Kier molecular flexibility index (Phi) is 22.6. The molecule has 0 spiro atoms. The minimum Gasteiger partial charge on any atom is -0.370 e. The number of guanidine groups is 1. The van der Waals surface area contributed by atoms with Crippen molar-refractivity contribution < 1.29 is 43.2 Å². The van der Waals surface area contributed by atoms with Gasteiger partial charge in [-0.25, -0.2) is 10.8 Å². The first-order valence-corrected chi connectivity index (χ1v) is 23.4. The van der Waals surface area contributed by atoms with Gasteiger partial charge in [-0.1, -0.05) is 68.3 Å². The highest BCUT2D eigenvalue weighted by Crippen LogP contribution is 2.20. The molecular formula is C47H66N16O9. The van der Waals surface area contributed by atoms with E-state index in [2.05, 4.69) is 57.2 Å². The van der Waals surface area contributed by atoms with E-state index >= 15 is 0 Å². The number of H-pyrrole nitrogens is 2. The molecule has 0 radical (unpaired) electrons. The number of carbonyl (C=O) groups excluding carboxylic acids is 9. The third-order valence-electron chi connectivity index (χ3n) is 11.3. The first-order valence-electron chi connectivity index (χ1n) is 23.4. The van der Waals surface area contributed by atoms with Crippen LogP contribution in [-0.2, 0) is 62.4 Å². The number of imidazole rings is 1. The molecule has 9 amide bonds. The van der Waals surface area contributed by atoms with Crippen molar-refractivity contribution in [2.45, 2.75) is 114 Å². The summed E-state index contributed by atoms with van der Waals surface area (Å²) in [5, 5.41) is 19.3. The van der Waals surface area contributed by atoms with Crippen LogP contribution in [-0.4, -0.2) is 123 Å². The monoisotopic (exact) mass is 999 g/mol. The van der Waals surface area contributed by atoms with Crippen LogP contribution in [0.15, 0.2) is 78.3 Å². The Balaban J connectivity index is 1.66. The summed E-state index contributed by atoms with van der Waals surface area (Å²) in [6.45, 7) is 2.70. The van der Waals surface area contributed by atoms with E-state index in [1.807, 2.05) is 36.6 Å². The molecule has 72 heavy (non-hydrogen) atoms. The molecular weight excluding hydrogens is 933 g/mol. The number of aromatic amines is 2. The predicted molar refractivity (Wildman–Crippen MR) is 265 cm³/mol. The molecule has 25 heteroatoms. The van der Waals surface area contributed by atoms with Crippen molar-refractivity contribution in [1.82, 2.24) is 57.6 Å². The molecule has 25 nitrogen and oxygen atoms in total. The summed E-state index contributed by atoms with van der Waals surface area (Å²) >= 11 is 0. The van der Waals surface area contributed by atoms with E-state index in [0.717, 1.165) is 10.9 Å². The molecule has 18 N–H and O–H groups in total. The van der Waals surface area contributed by atoms with Crippen molar-refractivity contribution >= 4 is 70.0 Å². The summed E-state index contributed by atoms with van der Waals surface area (Å²) in [5.74, 6) is -1.72. The summed E-state index contributed by atoms with van der Waals surface area (Å²) in [5.41, 5.74) is 20.9. The van der Waals surface area contributed by atoms with Crippen molar-refractivity contribution in [3.05, 3.63) is 90.1 Å². The molecule has 0 saturated carbocycles. The molecule has 0 bridgehead atoms. The highest BCUT2D eigenvalue weighted by molar-refractivity contribution is 5.98. The van der Waals surface area contributed by atoms with E-state index in [4.69, 9.17) is 23.0 Å². The number of aromatic nitrogens is 3. The van der Waals surface area contributed by atoms with Crippen molar-refractivity contribution in [1.29, 1.82) is 0 Å². The summed E-state index contributed by atoms with van der Waals surface area (Å²) < 4.78 is 0. The fraction of sp³-hybridized carbons (Fsp3) is 0.426. The Hall–Kier alpha value is -8.35. The molecule has 0 aliphatic rings. The SMILES string of the molecule is CCCC[C@H](NC(C)=O)C(=O)N[C@@H](CCC(N)=O)C(=O)N[C@@H](Cc1cnc[nH]1)C(=O)N[C@H](Cc1ccccc1)C(=O)N[C@@H](CCCN=C(N)N)C(=O)N[C@H](Cc1c[nH]c2ccccc12)C(=O)NCC(=O)NN. The number of unbranched alkanes of at least 4 members (excludes halogenated alkanes) is 1. The Morgan fingerprint density at radius 3 is 1.78 bits per heavy atom. The second-order valence-corrected chi connectivity index (χ2v) is 17.0. The van der Waals surface area contributed by atoms with E-state index in [0.29, 0.717) is 29.7 Å². The molecule has 2 heterocycles. The van der Waals surface area contributed by atoms with Crippen molar-refractivity contribution in [3.63, 3.8) is 0 Å². The quantitative estimate of drug-likeness (QED) is 0.00641. The first kappa shape index (κ1) is 56.2. The average Bonchev–Trinajstić information content (AvgIpc) is 4.03. The average molecular weight is 999 g/mol. The molecule has 0 saturated heterocycles. The lowest BCUT2D eigenvalue weighted by molar-refractivity contribution is -0.135. The molecule has 4 rings (SSSR count). The zero-order valence-corrected chi connectivity index (χ0v) is 40.3. The number of hydrogen-bond acceptors (Lipinski definition) is 12. The normalized spacial score (nSPS) is 13.4. The second kappa shape index (κ2) is 29.0. The van der Waals surface area contributed by atoms with Gasteiger partial charge in [0.1, 0.15) is 36.3 Å². The van der Waals surface area contributed by atoms with Gasteiger partial charge in [0.15, 0.2) is 5.96 Å². The summed E-state index contributed by atoms with van der Waals surface area (Å²) in [6.07, 6.45) is 5.18. The number of nitrogens with two attached hydrogens (primary N) is 4. The van der Waals surface area contributed by atoms with Gasteiger partial charge in [0.25, 0.3) is 5.91 Å². The van der Waals surface area contributed by atoms with Gasteiger partial charge in [-0.3, -0.25) is 53.6 Å². The number of rotatable bonds is 30. The standard InChI is InChI=1S/C47H66N16O9/c1-3-4-14-33(57-27(2)64)42(68)59-35(17-18-39(48)65)44(70)62-38(22-30-24-52-26-56-30)46(72)60-36(20-28-11-6-5-7-12-28)45(71)58-34(16-10-19-53-47(49)50)43(69)61-37(41(67)55-25-40(66)63-51)21-29-23-54-32-15-9-8-13-31(29)32/h5-9,11-13,15,23-24,26,33-38,54H,3-4,10,14,16-22,25,51H2,1-2H3,(H2,48,65)(H,52,56)(H,55,67)(H,57,64)(H,58,71)(H,59,68)(H,60,72)(H,61,69)(H,62,70)(H,63,66)(H4,49,50,53)/t33-,34-,35-,36+,37+,38-/m0/s1. The molecule has 0 aliphatic carbocycles. The number of hydrazine groups is 1. The highest BCUT2D eigenvalue weighted by Gasteiger charge is 2.34. The Morgan fingerprint density at radius 1 is 0.639 bits per heavy atom. The van der Waals surface area contributed by atoms with Crippen LogP contribution in [0.5, 0.6) is 0 Å². The molecule has 388 valence electrons.